The summed E-state index contributed by atoms with van der Waals surface area (Å²) in [7, 11) is 0. The smallest absolute Gasteiger partial charge is 0.253 e. The van der Waals surface area contributed by atoms with Crippen LogP contribution in [0.1, 0.15) is 22.2 Å². The molecular weight excluding hydrogens is 342 g/mol. The highest BCUT2D eigenvalue weighted by molar-refractivity contribution is 7.80. The van der Waals surface area contributed by atoms with Gasteiger partial charge in [-0.3, -0.25) is 14.9 Å². The van der Waals surface area contributed by atoms with Gasteiger partial charge in [-0.1, -0.05) is 18.2 Å². The number of nitrogens with one attached hydrogen (secondary N) is 3. The number of benzene rings is 1. The lowest BCUT2D eigenvalue weighted by atomic mass is 10.1. The standard InChI is InChI=1S/C17H17N3O2S2/c1-2-18-16(22)13-7-3-4-8-14(13)19-17(23)20-15(21)10-9-12-6-5-11-24-12/h3-11H,2H2,1H3,(H,18,22)(H2,19,20,21,23). The van der Waals surface area contributed by atoms with Gasteiger partial charge in [0.1, 0.15) is 0 Å². The van der Waals surface area contributed by atoms with Crippen molar-refractivity contribution in [2.75, 3.05) is 11.9 Å². The van der Waals surface area contributed by atoms with Gasteiger partial charge in [-0.15, -0.1) is 11.3 Å². The predicted octanol–water partition coefficient (Wildman–Crippen LogP) is 3.02. The maximum absolute atomic E-state index is 12.0. The van der Waals surface area contributed by atoms with Crippen molar-refractivity contribution in [1.29, 1.82) is 0 Å². The number of para-hydroxylation sites is 1. The summed E-state index contributed by atoms with van der Waals surface area (Å²) in [6.07, 6.45) is 3.13. The second-order valence-corrected chi connectivity index (χ2v) is 6.08. The first kappa shape index (κ1) is 17.8. The van der Waals surface area contributed by atoms with E-state index in [4.69, 9.17) is 12.2 Å². The van der Waals surface area contributed by atoms with Gasteiger partial charge in [0.2, 0.25) is 5.91 Å². The van der Waals surface area contributed by atoms with Gasteiger partial charge in [-0.2, -0.15) is 0 Å². The summed E-state index contributed by atoms with van der Waals surface area (Å²) in [6.45, 7) is 2.38. The monoisotopic (exact) mass is 359 g/mol. The molecule has 3 N–H and O–H groups in total. The van der Waals surface area contributed by atoms with Crippen molar-refractivity contribution in [1.82, 2.24) is 10.6 Å². The second kappa shape index (κ2) is 8.95. The van der Waals surface area contributed by atoms with E-state index in [2.05, 4.69) is 16.0 Å². The molecule has 2 aromatic rings. The summed E-state index contributed by atoms with van der Waals surface area (Å²) >= 11 is 6.67. The highest BCUT2D eigenvalue weighted by Crippen LogP contribution is 2.15. The van der Waals surface area contributed by atoms with E-state index in [9.17, 15) is 9.59 Å². The van der Waals surface area contributed by atoms with Gasteiger partial charge in [0.25, 0.3) is 5.91 Å². The van der Waals surface area contributed by atoms with E-state index in [-0.39, 0.29) is 16.9 Å². The Hall–Kier alpha value is -2.51. The fourth-order valence-electron chi connectivity index (χ4n) is 1.90. The van der Waals surface area contributed by atoms with Crippen LogP contribution in [0.15, 0.2) is 47.9 Å². The van der Waals surface area contributed by atoms with Gasteiger partial charge in [0.15, 0.2) is 5.11 Å². The molecule has 0 bridgehead atoms. The first-order chi connectivity index (χ1) is 11.6. The Morgan fingerprint density at radius 2 is 2.00 bits per heavy atom. The zero-order valence-electron chi connectivity index (χ0n) is 13.0. The summed E-state index contributed by atoms with van der Waals surface area (Å²) in [5.41, 5.74) is 1.00. The van der Waals surface area contributed by atoms with Gasteiger partial charge in [-0.25, -0.2) is 0 Å². The average molecular weight is 359 g/mol. The Morgan fingerprint density at radius 1 is 1.21 bits per heavy atom. The van der Waals surface area contributed by atoms with Crippen LogP contribution in [0.4, 0.5) is 5.69 Å². The van der Waals surface area contributed by atoms with E-state index in [0.717, 1.165) is 4.88 Å². The van der Waals surface area contributed by atoms with E-state index < -0.39 is 0 Å². The molecule has 7 heteroatoms. The molecule has 0 aliphatic rings. The predicted molar refractivity (Wildman–Crippen MR) is 102 cm³/mol. The molecule has 1 aromatic heterocycles. The van der Waals surface area contributed by atoms with Crippen LogP contribution in [-0.4, -0.2) is 23.5 Å². The fourth-order valence-corrected chi connectivity index (χ4v) is 2.73. The Morgan fingerprint density at radius 3 is 2.71 bits per heavy atom. The Bertz CT molecular complexity index is 755. The molecule has 0 spiro atoms. The number of thiophene rings is 1. The molecular formula is C17H17N3O2S2. The summed E-state index contributed by atoms with van der Waals surface area (Å²) in [5.74, 6) is -0.538. The van der Waals surface area contributed by atoms with Crippen LogP contribution in [0.25, 0.3) is 6.08 Å². The molecule has 0 aliphatic carbocycles. The maximum Gasteiger partial charge on any atom is 0.253 e. The zero-order chi connectivity index (χ0) is 17.4. The van der Waals surface area contributed by atoms with E-state index >= 15 is 0 Å². The van der Waals surface area contributed by atoms with Crippen LogP contribution in [0.5, 0.6) is 0 Å². The third kappa shape index (κ3) is 5.29. The number of thiocarbonyl (C=S) groups is 1. The number of anilines is 1. The first-order valence-electron chi connectivity index (χ1n) is 7.31. The molecule has 0 unspecified atom stereocenters. The highest BCUT2D eigenvalue weighted by atomic mass is 32.1. The van der Waals surface area contributed by atoms with Gasteiger partial charge < -0.3 is 10.6 Å². The highest BCUT2D eigenvalue weighted by Gasteiger charge is 2.11. The van der Waals surface area contributed by atoms with E-state index in [0.29, 0.717) is 17.8 Å². The lowest BCUT2D eigenvalue weighted by Crippen LogP contribution is -2.33. The van der Waals surface area contributed by atoms with Crippen LogP contribution in [-0.2, 0) is 4.79 Å². The van der Waals surface area contributed by atoms with Gasteiger partial charge in [-0.05, 0) is 48.8 Å². The minimum atomic E-state index is -0.337. The molecule has 2 rings (SSSR count). The molecule has 0 radical (unpaired) electrons. The minimum absolute atomic E-state index is 0.132. The largest absolute Gasteiger partial charge is 0.352 e. The third-order valence-corrected chi connectivity index (χ3v) is 3.98. The topological polar surface area (TPSA) is 70.2 Å². The second-order valence-electron chi connectivity index (χ2n) is 4.70. The quantitative estimate of drug-likeness (QED) is 0.567. The number of rotatable bonds is 5. The summed E-state index contributed by atoms with van der Waals surface area (Å²) in [4.78, 5) is 24.8. The van der Waals surface area contributed by atoms with Gasteiger partial charge in [0.05, 0.1) is 11.3 Å². The molecule has 1 heterocycles. The van der Waals surface area contributed by atoms with Crippen LogP contribution in [0.3, 0.4) is 0 Å². The molecule has 5 nitrogen and oxygen atoms in total. The van der Waals surface area contributed by atoms with Crippen LogP contribution < -0.4 is 16.0 Å². The lowest BCUT2D eigenvalue weighted by molar-refractivity contribution is -0.115. The van der Waals surface area contributed by atoms with Crippen molar-refractivity contribution in [3.63, 3.8) is 0 Å². The van der Waals surface area contributed by atoms with Crippen LogP contribution in [0.2, 0.25) is 0 Å². The van der Waals surface area contributed by atoms with Crippen molar-refractivity contribution in [2.24, 2.45) is 0 Å². The third-order valence-electron chi connectivity index (χ3n) is 2.94. The maximum atomic E-state index is 12.0. The van der Waals surface area contributed by atoms with Crippen molar-refractivity contribution < 1.29 is 9.59 Å². The molecule has 24 heavy (non-hydrogen) atoms. The Labute approximate surface area is 149 Å². The number of hydrogen-bond donors (Lipinski definition) is 3. The SMILES string of the molecule is CCNC(=O)c1ccccc1NC(=S)NC(=O)C=Cc1cccs1. The molecule has 0 fully saturated rings. The number of amides is 2. The first-order valence-corrected chi connectivity index (χ1v) is 8.59. The average Bonchev–Trinajstić information content (AvgIpc) is 3.07. The van der Waals surface area contributed by atoms with Crippen LogP contribution in [0, 0.1) is 0 Å². The molecule has 0 saturated heterocycles. The van der Waals surface area contributed by atoms with E-state index in [1.807, 2.05) is 24.4 Å². The molecule has 124 valence electrons. The van der Waals surface area contributed by atoms with Gasteiger partial charge >= 0.3 is 0 Å². The summed E-state index contributed by atoms with van der Waals surface area (Å²) in [5, 5.41) is 10.2. The van der Waals surface area contributed by atoms with Crippen molar-refractivity contribution >= 4 is 52.2 Å². The van der Waals surface area contributed by atoms with E-state index in [1.54, 1.807) is 30.3 Å². The Balaban J connectivity index is 1.97. The molecule has 0 saturated carbocycles. The number of carbonyl (C=O) groups excluding carboxylic acids is 2. The Kier molecular flexibility index (Phi) is 6.65. The number of carbonyl (C=O) groups is 2. The van der Waals surface area contributed by atoms with Crippen LogP contribution >= 0.6 is 23.6 Å². The summed E-state index contributed by atoms with van der Waals surface area (Å²) in [6, 6.07) is 10.8. The normalized spacial score (nSPS) is 10.4. The lowest BCUT2D eigenvalue weighted by Gasteiger charge is -2.12. The molecule has 2 amide bonds. The molecule has 0 atom stereocenters. The van der Waals surface area contributed by atoms with Gasteiger partial charge in [0, 0.05) is 17.5 Å². The molecule has 1 aromatic carbocycles. The summed E-state index contributed by atoms with van der Waals surface area (Å²) < 4.78 is 0. The molecule has 0 aliphatic heterocycles. The van der Waals surface area contributed by atoms with Crippen molar-refractivity contribution in [3.8, 4) is 0 Å². The van der Waals surface area contributed by atoms with Crippen molar-refractivity contribution in [2.45, 2.75) is 6.92 Å². The van der Waals surface area contributed by atoms with Crippen molar-refractivity contribution in [3.05, 3.63) is 58.3 Å². The minimum Gasteiger partial charge on any atom is -0.352 e. The zero-order valence-corrected chi connectivity index (χ0v) is 14.7. The fraction of sp³-hybridized carbons (Fsp3) is 0.118. The number of hydrogen-bond acceptors (Lipinski definition) is 4. The van der Waals surface area contributed by atoms with E-state index in [1.165, 1.54) is 17.4 Å².